The SMILES string of the molecule is Cc1ncccc1OC(C)C(=O)O. The Morgan fingerprint density at radius 2 is 2.38 bits per heavy atom. The third kappa shape index (κ3) is 2.43. The molecule has 1 heterocycles. The zero-order valence-electron chi connectivity index (χ0n) is 7.52. The zero-order valence-corrected chi connectivity index (χ0v) is 7.52. The molecule has 0 aliphatic carbocycles. The predicted molar refractivity (Wildman–Crippen MR) is 46.7 cm³/mol. The molecule has 70 valence electrons. The highest BCUT2D eigenvalue weighted by molar-refractivity contribution is 5.72. The van der Waals surface area contributed by atoms with Crippen LogP contribution in [-0.4, -0.2) is 22.2 Å². The van der Waals surface area contributed by atoms with Crippen molar-refractivity contribution in [2.75, 3.05) is 0 Å². The molecule has 1 atom stereocenters. The van der Waals surface area contributed by atoms with Crippen molar-refractivity contribution in [1.82, 2.24) is 4.98 Å². The third-order valence-corrected chi connectivity index (χ3v) is 1.61. The molecule has 0 aliphatic rings. The molecule has 4 nitrogen and oxygen atoms in total. The maximum absolute atomic E-state index is 10.5. The Kier molecular flexibility index (Phi) is 2.84. The lowest BCUT2D eigenvalue weighted by molar-refractivity contribution is -0.144. The van der Waals surface area contributed by atoms with Crippen molar-refractivity contribution in [2.45, 2.75) is 20.0 Å². The number of hydrogen-bond acceptors (Lipinski definition) is 3. The number of ether oxygens (including phenoxy) is 1. The first-order valence-electron chi connectivity index (χ1n) is 3.92. The molecule has 0 bridgehead atoms. The highest BCUT2D eigenvalue weighted by Crippen LogP contribution is 2.15. The lowest BCUT2D eigenvalue weighted by atomic mass is 10.3. The van der Waals surface area contributed by atoms with Crippen LogP contribution in [-0.2, 0) is 4.79 Å². The first-order valence-corrected chi connectivity index (χ1v) is 3.92. The fraction of sp³-hybridized carbons (Fsp3) is 0.333. The third-order valence-electron chi connectivity index (χ3n) is 1.61. The van der Waals surface area contributed by atoms with Crippen LogP contribution in [0.15, 0.2) is 18.3 Å². The van der Waals surface area contributed by atoms with Crippen molar-refractivity contribution in [1.29, 1.82) is 0 Å². The van der Waals surface area contributed by atoms with E-state index in [4.69, 9.17) is 9.84 Å². The van der Waals surface area contributed by atoms with Crippen LogP contribution in [0, 0.1) is 6.92 Å². The molecular weight excluding hydrogens is 170 g/mol. The van der Waals surface area contributed by atoms with Gasteiger partial charge in [-0.05, 0) is 26.0 Å². The Balaban J connectivity index is 2.74. The number of hydrogen-bond donors (Lipinski definition) is 1. The summed E-state index contributed by atoms with van der Waals surface area (Å²) in [6.07, 6.45) is 0.788. The molecule has 0 fully saturated rings. The summed E-state index contributed by atoms with van der Waals surface area (Å²) in [5.41, 5.74) is 0.690. The summed E-state index contributed by atoms with van der Waals surface area (Å²) in [6.45, 7) is 3.25. The molecule has 0 aromatic carbocycles. The summed E-state index contributed by atoms with van der Waals surface area (Å²) in [7, 11) is 0. The Bertz CT molecular complexity index is 311. The van der Waals surface area contributed by atoms with E-state index < -0.39 is 12.1 Å². The molecule has 0 aliphatic heterocycles. The van der Waals surface area contributed by atoms with E-state index >= 15 is 0 Å². The van der Waals surface area contributed by atoms with Crippen molar-refractivity contribution >= 4 is 5.97 Å². The number of pyridine rings is 1. The molecule has 1 rings (SSSR count). The molecule has 1 aromatic heterocycles. The van der Waals surface area contributed by atoms with E-state index in [0.29, 0.717) is 11.4 Å². The van der Waals surface area contributed by atoms with Crippen molar-refractivity contribution in [3.05, 3.63) is 24.0 Å². The Labute approximate surface area is 76.2 Å². The number of carboxylic acid groups (broad SMARTS) is 1. The summed E-state index contributed by atoms with van der Waals surface area (Å²) >= 11 is 0. The smallest absolute Gasteiger partial charge is 0.344 e. The molecule has 0 amide bonds. The van der Waals surface area contributed by atoms with Crippen LogP contribution in [0.1, 0.15) is 12.6 Å². The number of nitrogens with zero attached hydrogens (tertiary/aromatic N) is 1. The van der Waals surface area contributed by atoms with Gasteiger partial charge in [0.15, 0.2) is 6.10 Å². The minimum atomic E-state index is -0.983. The molecule has 13 heavy (non-hydrogen) atoms. The molecule has 1 N–H and O–H groups in total. The Hall–Kier alpha value is -1.58. The van der Waals surface area contributed by atoms with Gasteiger partial charge in [-0.15, -0.1) is 0 Å². The van der Waals surface area contributed by atoms with Crippen LogP contribution in [0.25, 0.3) is 0 Å². The lowest BCUT2D eigenvalue weighted by Gasteiger charge is -2.11. The summed E-state index contributed by atoms with van der Waals surface area (Å²) in [6, 6.07) is 3.40. The minimum absolute atomic E-state index is 0.511. The van der Waals surface area contributed by atoms with Crippen molar-refractivity contribution in [3.63, 3.8) is 0 Å². The van der Waals surface area contributed by atoms with Gasteiger partial charge in [-0.3, -0.25) is 4.98 Å². The Morgan fingerprint density at radius 3 is 2.92 bits per heavy atom. The van der Waals surface area contributed by atoms with Gasteiger partial charge >= 0.3 is 5.97 Å². The van der Waals surface area contributed by atoms with Gasteiger partial charge in [0.1, 0.15) is 5.75 Å². The molecule has 1 aromatic rings. The van der Waals surface area contributed by atoms with Gasteiger partial charge in [0.25, 0.3) is 0 Å². The number of carbonyl (C=O) groups is 1. The summed E-state index contributed by atoms with van der Waals surface area (Å²) in [5.74, 6) is -0.472. The topological polar surface area (TPSA) is 59.4 Å². The number of aliphatic carboxylic acids is 1. The second-order valence-electron chi connectivity index (χ2n) is 2.69. The predicted octanol–water partition coefficient (Wildman–Crippen LogP) is 1.24. The van der Waals surface area contributed by atoms with Crippen LogP contribution in [0.3, 0.4) is 0 Å². The average molecular weight is 181 g/mol. The highest BCUT2D eigenvalue weighted by Gasteiger charge is 2.13. The maximum Gasteiger partial charge on any atom is 0.344 e. The highest BCUT2D eigenvalue weighted by atomic mass is 16.5. The minimum Gasteiger partial charge on any atom is -0.479 e. The number of aryl methyl sites for hydroxylation is 1. The standard InChI is InChI=1S/C9H11NO3/c1-6-8(4-3-5-10-6)13-7(2)9(11)12/h3-5,7H,1-2H3,(H,11,12). The first kappa shape index (κ1) is 9.51. The fourth-order valence-electron chi connectivity index (χ4n) is 0.835. The average Bonchev–Trinajstić information content (AvgIpc) is 2.08. The molecule has 4 heteroatoms. The van der Waals surface area contributed by atoms with Crippen LogP contribution >= 0.6 is 0 Å². The number of aromatic nitrogens is 1. The van der Waals surface area contributed by atoms with Crippen molar-refractivity contribution in [3.8, 4) is 5.75 Å². The number of carboxylic acids is 1. The second-order valence-corrected chi connectivity index (χ2v) is 2.69. The van der Waals surface area contributed by atoms with Crippen LogP contribution < -0.4 is 4.74 Å². The fourth-order valence-corrected chi connectivity index (χ4v) is 0.835. The largest absolute Gasteiger partial charge is 0.479 e. The van der Waals surface area contributed by atoms with E-state index in [1.54, 1.807) is 25.3 Å². The molecular formula is C9H11NO3. The summed E-state index contributed by atoms with van der Waals surface area (Å²) in [4.78, 5) is 14.4. The quantitative estimate of drug-likeness (QED) is 0.762. The first-order chi connectivity index (χ1) is 6.11. The van der Waals surface area contributed by atoms with E-state index in [-0.39, 0.29) is 0 Å². The van der Waals surface area contributed by atoms with E-state index in [9.17, 15) is 4.79 Å². The van der Waals surface area contributed by atoms with Gasteiger partial charge in [-0.2, -0.15) is 0 Å². The van der Waals surface area contributed by atoms with Gasteiger partial charge in [0, 0.05) is 6.20 Å². The van der Waals surface area contributed by atoms with E-state index in [0.717, 1.165) is 0 Å². The molecule has 0 radical (unpaired) electrons. The number of rotatable bonds is 3. The molecule has 0 saturated carbocycles. The normalized spacial score (nSPS) is 12.2. The summed E-state index contributed by atoms with van der Waals surface area (Å²) < 4.78 is 5.14. The molecule has 1 unspecified atom stereocenters. The maximum atomic E-state index is 10.5. The van der Waals surface area contributed by atoms with Gasteiger partial charge in [-0.1, -0.05) is 0 Å². The van der Waals surface area contributed by atoms with Crippen LogP contribution in [0.2, 0.25) is 0 Å². The Morgan fingerprint density at radius 1 is 1.69 bits per heavy atom. The van der Waals surface area contributed by atoms with E-state index in [2.05, 4.69) is 4.98 Å². The zero-order chi connectivity index (χ0) is 9.84. The van der Waals surface area contributed by atoms with Crippen molar-refractivity contribution < 1.29 is 14.6 Å². The lowest BCUT2D eigenvalue weighted by Crippen LogP contribution is -2.23. The van der Waals surface area contributed by atoms with Crippen LogP contribution in [0.4, 0.5) is 0 Å². The van der Waals surface area contributed by atoms with Gasteiger partial charge < -0.3 is 9.84 Å². The van der Waals surface area contributed by atoms with Crippen LogP contribution in [0.5, 0.6) is 5.75 Å². The monoisotopic (exact) mass is 181 g/mol. The molecule has 0 saturated heterocycles. The molecule has 0 spiro atoms. The van der Waals surface area contributed by atoms with E-state index in [1.807, 2.05) is 0 Å². The van der Waals surface area contributed by atoms with Gasteiger partial charge in [0.05, 0.1) is 5.69 Å². The van der Waals surface area contributed by atoms with E-state index in [1.165, 1.54) is 6.92 Å². The summed E-state index contributed by atoms with van der Waals surface area (Å²) in [5, 5.41) is 8.59. The van der Waals surface area contributed by atoms with Gasteiger partial charge in [-0.25, -0.2) is 4.79 Å². The second kappa shape index (κ2) is 3.89. The van der Waals surface area contributed by atoms with Gasteiger partial charge in [0.2, 0.25) is 0 Å². The van der Waals surface area contributed by atoms with Crippen molar-refractivity contribution in [2.24, 2.45) is 0 Å².